The van der Waals surface area contributed by atoms with Crippen molar-refractivity contribution >= 4 is 107 Å². The molecule has 0 saturated heterocycles. The number of nitrogens with zero attached hydrogens (tertiary/aromatic N) is 2. The fourth-order valence-corrected chi connectivity index (χ4v) is 2.62. The molecule has 0 atom stereocenters. The third-order valence-electron chi connectivity index (χ3n) is 6.41. The van der Waals surface area contributed by atoms with Crippen molar-refractivity contribution in [3.05, 3.63) is 0 Å². The Balaban J connectivity index is -0.0000000884. The first-order chi connectivity index (χ1) is 46.1. The van der Waals surface area contributed by atoms with E-state index in [9.17, 15) is 157 Å². The predicted molar refractivity (Wildman–Crippen MR) is 282 cm³/mol. The lowest BCUT2D eigenvalue weighted by Gasteiger charge is -2.19. The lowest BCUT2D eigenvalue weighted by Crippen LogP contribution is -2.41. The van der Waals surface area contributed by atoms with Gasteiger partial charge in [-0.3, -0.25) is 55.1 Å². The number of hydrogen-bond acceptors (Lipinski definition) is 24. The van der Waals surface area contributed by atoms with E-state index in [-0.39, 0.29) is 38.5 Å². The van der Waals surface area contributed by atoms with E-state index in [1.807, 2.05) is 0 Å². The second kappa shape index (κ2) is 73.2. The van der Waals surface area contributed by atoms with Crippen molar-refractivity contribution in [3.63, 3.8) is 0 Å². The minimum atomic E-state index is -4.42. The summed E-state index contributed by atoms with van der Waals surface area (Å²) >= 11 is 8.41. The van der Waals surface area contributed by atoms with Crippen molar-refractivity contribution in [1.82, 2.24) is 9.80 Å². The Morgan fingerprint density at radius 3 is 0.814 bits per heavy atom. The van der Waals surface area contributed by atoms with Gasteiger partial charge in [0.2, 0.25) is 0 Å². The number of amides is 2. The maximum absolute atomic E-state index is 12.7. The Hall–Kier alpha value is -7.54. The van der Waals surface area contributed by atoms with E-state index < -0.39 is 206 Å². The number of ether oxygens (including phenoxy) is 9. The fraction of sp³-hybridized carbons (Fsp3) is 0.696. The van der Waals surface area contributed by atoms with E-state index in [1.54, 1.807) is 0 Å². The van der Waals surface area contributed by atoms with E-state index in [0.29, 0.717) is 0 Å². The largest absolute Gasteiger partial charge is 0.503 e. The highest BCUT2D eigenvalue weighted by Gasteiger charge is 2.45. The monoisotopic (exact) mass is 1620 g/mol. The molecule has 0 aliphatic carbocycles. The molecule has 0 bridgehead atoms. The molecule has 0 unspecified atom stereocenters. The van der Waals surface area contributed by atoms with Gasteiger partial charge in [0.15, 0.2) is 0 Å². The van der Waals surface area contributed by atoms with Crippen LogP contribution in [0.2, 0.25) is 0 Å². The molecule has 0 radical (unpaired) electrons. The van der Waals surface area contributed by atoms with Crippen molar-refractivity contribution in [3.8, 4) is 0 Å². The third-order valence-corrected chi connectivity index (χ3v) is 6.63. The normalized spacial score (nSPS) is 10.2. The highest BCUT2D eigenvalue weighted by molar-refractivity contribution is 6.65. The lowest BCUT2D eigenvalue weighted by molar-refractivity contribution is -0.248. The molecule has 0 fully saturated rings. The number of Topliss-reactive ketones (excluding diaryl/α,β-unsaturated/α-hetero) is 1. The van der Waals surface area contributed by atoms with Gasteiger partial charge in [0.05, 0.1) is 86.8 Å². The maximum Gasteiger partial charge on any atom is 0.503 e. The number of aliphatic carboxylic acids is 1. The fourth-order valence-electron chi connectivity index (χ4n) is 2.56. The molecule has 2 amide bonds. The summed E-state index contributed by atoms with van der Waals surface area (Å²) in [7, 11) is 6.05. The number of carbonyl (C=O) groups is 14. The summed E-state index contributed by atoms with van der Waals surface area (Å²) in [6, 6.07) is -2.86. The number of carboxylic acid groups (broad SMARTS) is 2. The first-order valence-electron chi connectivity index (χ1n) is 24.9. The van der Waals surface area contributed by atoms with Crippen LogP contribution < -0.4 is 0 Å². The Labute approximate surface area is 565 Å². The van der Waals surface area contributed by atoms with Gasteiger partial charge in [-0.2, -0.15) is 57.1 Å². The highest BCUT2D eigenvalue weighted by atomic mass is 35.5. The smallest absolute Gasteiger partial charge is 0.475 e. The van der Waals surface area contributed by atoms with Gasteiger partial charge in [-0.1, -0.05) is 0 Å². The van der Waals surface area contributed by atoms with Crippen LogP contribution in [0.4, 0.5) is 143 Å². The van der Waals surface area contributed by atoms with Gasteiger partial charge in [0, 0.05) is 42.0 Å². The van der Waals surface area contributed by atoms with E-state index in [2.05, 4.69) is 65.8 Å². The van der Waals surface area contributed by atoms with Crippen LogP contribution in [0.15, 0.2) is 0 Å². The topological polar surface area (TPSA) is 389 Å². The van der Waals surface area contributed by atoms with Crippen LogP contribution in [0.5, 0.6) is 0 Å². The molecule has 28 nitrogen and oxygen atoms in total. The molecule has 0 spiro atoms. The zero-order valence-electron chi connectivity index (χ0n) is 52.6. The molecule has 0 saturated carbocycles. The number of aliphatic hydroxyl groups is 1. The average molecular weight is 1620 g/mol. The van der Waals surface area contributed by atoms with Gasteiger partial charge >= 0.3 is 114 Å². The second-order valence-electron chi connectivity index (χ2n) is 15.1. The summed E-state index contributed by atoms with van der Waals surface area (Å²) < 4.78 is 330. The number of likely N-dealkylation sites (N-methyl/N-ethyl adjacent to an activating group) is 1. The van der Waals surface area contributed by atoms with E-state index in [4.69, 9.17) is 39.3 Å². The van der Waals surface area contributed by atoms with Crippen molar-refractivity contribution in [1.29, 1.82) is 0 Å². The quantitative estimate of drug-likeness (QED) is 0.0110. The predicted octanol–water partition coefficient (Wildman–Crippen LogP) is 11.8. The molecule has 0 aromatic carbocycles. The summed E-state index contributed by atoms with van der Waals surface area (Å²) in [5.41, 5.74) is -1.86. The van der Waals surface area contributed by atoms with Gasteiger partial charge in [-0.15, -0.1) is 30.7 Å². The van der Waals surface area contributed by atoms with Crippen LogP contribution in [-0.2, 0) is 81.0 Å². The number of halogens is 28. The minimum absolute atomic E-state index is 0.143. The third kappa shape index (κ3) is 108. The van der Waals surface area contributed by atoms with E-state index in [1.165, 1.54) is 28.2 Å². The second-order valence-corrected chi connectivity index (χ2v) is 15.7. The number of carbonyl (C=O) groups excluding carboxylic acids is 12. The molecule has 608 valence electrons. The van der Waals surface area contributed by atoms with Crippen LogP contribution >= 0.6 is 23.2 Å². The minimum Gasteiger partial charge on any atom is -0.475 e. The Morgan fingerprint density at radius 1 is 0.402 bits per heavy atom. The molecule has 0 aliphatic heterocycles. The molecule has 3 N–H and O–H groups in total. The van der Waals surface area contributed by atoms with Gasteiger partial charge in [0.25, 0.3) is 5.78 Å². The number of aliphatic hydroxyl groups excluding tert-OH is 1. The highest BCUT2D eigenvalue weighted by Crippen LogP contribution is 2.22. The molecular weight excluding hydrogens is 1560 g/mol. The standard InChI is InChI=1S/C7H12F3NO2.C7H9F3O4.C6H9F3O3.C5H6ClF3O2.C5H6F4O2.C5H7F3O3.C3H6FNO.C3H3FO3.C2H3FO2.CClFO.CF2O.CHFO2/c1-11(2)6(12)7(9,10)13-5-3-4-8;1-5(11)14-6(12)7(9,10)13-4-2-3-8;7-2-1-3-12-6(8,9)5(11)4-10;6-4(10)5(8,9)11-3-1-2-7;6-2-1-3-11-5(8,9)4(7)10;6-2-1-3-11-5(7,8)4(9)10;1-5(2)3(4)6;1-2(5)7-3(4)6;1-5-2(3)4;3*2-1(3)4/h3-5H2,1-2H3;2-4H2,1H3;10H,1-4H2;2*1-3H2;1-3H2,(H,9,10);1-2H3;1H3;1H3;;;(H,3,4). The first kappa shape index (κ1) is 121. The summed E-state index contributed by atoms with van der Waals surface area (Å²) in [6.45, 7) is -7.80. The molecule has 56 heteroatoms. The summed E-state index contributed by atoms with van der Waals surface area (Å²) in [6.07, 6.45) is -36.4. The van der Waals surface area contributed by atoms with Crippen LogP contribution in [0.3, 0.4) is 0 Å². The number of alkyl halides is 18. The van der Waals surface area contributed by atoms with Crippen molar-refractivity contribution in [2.45, 2.75) is 89.0 Å². The number of esters is 3. The van der Waals surface area contributed by atoms with E-state index in [0.717, 1.165) is 30.8 Å². The van der Waals surface area contributed by atoms with Crippen LogP contribution in [0, 0.1) is 0 Å². The molecule has 0 aliphatic rings. The zero-order valence-corrected chi connectivity index (χ0v) is 54.2. The van der Waals surface area contributed by atoms with Crippen molar-refractivity contribution < 1.29 is 239 Å². The molecule has 0 rings (SSSR count). The lowest BCUT2D eigenvalue weighted by atomic mass is 10.4. The average Bonchev–Trinajstić information content (AvgIpc) is 0.911. The van der Waals surface area contributed by atoms with Crippen molar-refractivity contribution in [2.75, 3.05) is 122 Å². The molecule has 0 heterocycles. The molecule has 0 aromatic heterocycles. The summed E-state index contributed by atoms with van der Waals surface area (Å²) in [5, 5.41) is 20.7. The van der Waals surface area contributed by atoms with Gasteiger partial charge in [-0.25, -0.2) is 38.4 Å². The van der Waals surface area contributed by atoms with E-state index >= 15 is 0 Å². The Bertz CT molecular complexity index is 2200. The number of methoxy groups -OCH3 is 1. The molecule has 102 heavy (non-hydrogen) atoms. The zero-order chi connectivity index (χ0) is 84.0. The number of ketones is 1. The van der Waals surface area contributed by atoms with Gasteiger partial charge in [0.1, 0.15) is 6.61 Å². The maximum atomic E-state index is 12.7. The Kier molecular flexibility index (Phi) is 87.1. The van der Waals surface area contributed by atoms with Crippen LogP contribution in [0.1, 0.15) is 52.4 Å². The van der Waals surface area contributed by atoms with Crippen molar-refractivity contribution in [2.24, 2.45) is 0 Å². The van der Waals surface area contributed by atoms with Crippen LogP contribution in [-0.4, -0.2) is 267 Å². The number of hydrogen-bond donors (Lipinski definition) is 3. The number of carboxylic acids is 1. The SMILES string of the molecule is CC(=O)OC(=O)C(F)(F)OCCCF.CC(=O)OC(=O)F.CN(C)C(=O)C(F)(F)OCCCF.CN(C)C(=O)F.COC(=O)F.O=C(CO)C(F)(F)OCCCF.O=C(Cl)C(F)(F)OCCCF.O=C(F)C(F)(F)OCCCF.O=C(F)Cl.O=C(F)F.O=C(O)C(F)(F)OCCCF.O=C(O)F. The summed E-state index contributed by atoms with van der Waals surface area (Å²) in [5.74, 6) is -9.72. The molecular formula is C46H62Cl2F26N2O26. The molecule has 0 aromatic rings. The van der Waals surface area contributed by atoms with Gasteiger partial charge in [-0.05, 0) is 61.7 Å². The van der Waals surface area contributed by atoms with Crippen LogP contribution in [0.25, 0.3) is 0 Å². The summed E-state index contributed by atoms with van der Waals surface area (Å²) in [4.78, 5) is 134. The first-order valence-corrected chi connectivity index (χ1v) is 25.6. The number of rotatable bonds is 31. The van der Waals surface area contributed by atoms with Gasteiger partial charge < -0.3 is 67.8 Å². The Morgan fingerprint density at radius 2 is 0.637 bits per heavy atom.